The Balaban J connectivity index is 1.76. The lowest BCUT2D eigenvalue weighted by atomic mass is 10.1. The highest BCUT2D eigenvalue weighted by Gasteiger charge is 2.34. The molecule has 4 rings (SSSR count). The topological polar surface area (TPSA) is 54.3 Å². The Morgan fingerprint density at radius 2 is 1.74 bits per heavy atom. The molecule has 1 fully saturated rings. The van der Waals surface area contributed by atoms with Crippen LogP contribution in [-0.2, 0) is 9.59 Å². The average molecular weight is 515 g/mol. The summed E-state index contributed by atoms with van der Waals surface area (Å²) in [4.78, 5) is 27.2. The maximum absolute atomic E-state index is 13.2. The molecule has 2 amide bonds. The number of carbonyl (C=O) groups is 2. The van der Waals surface area contributed by atoms with Crippen LogP contribution < -0.4 is 10.2 Å². The van der Waals surface area contributed by atoms with Crippen LogP contribution in [-0.4, -0.2) is 21.5 Å². The molecule has 1 aromatic heterocycles. The third-order valence-corrected chi connectivity index (χ3v) is 6.07. The second-order valence-corrected chi connectivity index (χ2v) is 8.81. The molecule has 1 aliphatic heterocycles. The van der Waals surface area contributed by atoms with E-state index in [0.29, 0.717) is 10.7 Å². The Kier molecular flexibility index (Phi) is 5.83. The largest absolute Gasteiger partial charge is 0.318 e. The number of rotatable bonds is 3. The van der Waals surface area contributed by atoms with Crippen LogP contribution in [0.5, 0.6) is 0 Å². The number of nitrogens with one attached hydrogen (secondary N) is 1. The van der Waals surface area contributed by atoms with E-state index >= 15 is 0 Å². The Bertz CT molecular complexity index is 1260. The van der Waals surface area contributed by atoms with E-state index in [9.17, 15) is 9.59 Å². The van der Waals surface area contributed by atoms with Gasteiger partial charge in [0.15, 0.2) is 5.11 Å². The van der Waals surface area contributed by atoms with Crippen LogP contribution >= 0.6 is 39.7 Å². The van der Waals surface area contributed by atoms with E-state index in [1.54, 1.807) is 18.2 Å². The highest BCUT2D eigenvalue weighted by Crippen LogP contribution is 2.27. The normalized spacial score (nSPS) is 15.5. The Morgan fingerprint density at radius 3 is 2.42 bits per heavy atom. The van der Waals surface area contributed by atoms with Gasteiger partial charge in [0.25, 0.3) is 11.8 Å². The van der Waals surface area contributed by atoms with Crippen molar-refractivity contribution >= 4 is 68.4 Å². The molecule has 0 radical (unpaired) electrons. The molecule has 0 unspecified atom stereocenters. The van der Waals surface area contributed by atoms with E-state index in [1.807, 2.05) is 60.9 Å². The number of benzene rings is 2. The predicted molar refractivity (Wildman–Crippen MR) is 131 cm³/mol. The minimum atomic E-state index is -0.518. The number of aromatic nitrogens is 1. The van der Waals surface area contributed by atoms with Crippen molar-refractivity contribution < 1.29 is 9.59 Å². The van der Waals surface area contributed by atoms with Crippen molar-refractivity contribution in [3.8, 4) is 5.69 Å². The Hall–Kier alpha value is -2.74. The molecular formula is C23H17BrClN3O2S. The van der Waals surface area contributed by atoms with Crippen LogP contribution in [0.4, 0.5) is 5.69 Å². The Labute approximate surface area is 198 Å². The van der Waals surface area contributed by atoms with Gasteiger partial charge in [0.05, 0.1) is 5.69 Å². The van der Waals surface area contributed by atoms with Crippen molar-refractivity contribution in [3.05, 3.63) is 86.6 Å². The Morgan fingerprint density at radius 1 is 1.03 bits per heavy atom. The van der Waals surface area contributed by atoms with Gasteiger partial charge in [0.2, 0.25) is 0 Å². The molecule has 3 aromatic rings. The van der Waals surface area contributed by atoms with Crippen molar-refractivity contribution in [1.29, 1.82) is 0 Å². The molecule has 2 aromatic carbocycles. The van der Waals surface area contributed by atoms with Gasteiger partial charge in [-0.15, -0.1) is 0 Å². The molecule has 2 heterocycles. The number of hydrogen-bond donors (Lipinski definition) is 1. The highest BCUT2D eigenvalue weighted by atomic mass is 79.9. The zero-order valence-corrected chi connectivity index (χ0v) is 19.8. The van der Waals surface area contributed by atoms with E-state index in [4.69, 9.17) is 23.8 Å². The monoisotopic (exact) mass is 513 g/mol. The van der Waals surface area contributed by atoms with Crippen molar-refractivity contribution in [3.63, 3.8) is 0 Å². The summed E-state index contributed by atoms with van der Waals surface area (Å²) in [6, 6.07) is 16.6. The van der Waals surface area contributed by atoms with E-state index in [1.165, 1.54) is 4.90 Å². The molecule has 1 saturated heterocycles. The van der Waals surface area contributed by atoms with Gasteiger partial charge in [0.1, 0.15) is 5.57 Å². The summed E-state index contributed by atoms with van der Waals surface area (Å²) >= 11 is 14.8. The van der Waals surface area contributed by atoms with Crippen molar-refractivity contribution in [2.24, 2.45) is 0 Å². The second kappa shape index (κ2) is 8.42. The second-order valence-electron chi connectivity index (χ2n) is 7.08. The van der Waals surface area contributed by atoms with Crippen molar-refractivity contribution in [2.75, 3.05) is 4.90 Å². The first-order chi connectivity index (χ1) is 14.8. The molecule has 0 aliphatic carbocycles. The third-order valence-electron chi connectivity index (χ3n) is 5.02. The van der Waals surface area contributed by atoms with Crippen molar-refractivity contribution in [2.45, 2.75) is 13.8 Å². The molecule has 156 valence electrons. The number of halogens is 2. The number of thiocarbonyl (C=S) groups is 1. The van der Waals surface area contributed by atoms with Crippen LogP contribution in [0.1, 0.15) is 17.0 Å². The smallest absolute Gasteiger partial charge is 0.270 e. The summed E-state index contributed by atoms with van der Waals surface area (Å²) in [5.74, 6) is -0.987. The molecule has 8 heteroatoms. The fourth-order valence-corrected chi connectivity index (χ4v) is 4.31. The first-order valence-electron chi connectivity index (χ1n) is 9.38. The summed E-state index contributed by atoms with van der Waals surface area (Å²) in [6.45, 7) is 3.89. The van der Waals surface area contributed by atoms with E-state index in [2.05, 4.69) is 21.2 Å². The number of nitrogens with zero attached hydrogens (tertiary/aromatic N) is 2. The summed E-state index contributed by atoms with van der Waals surface area (Å²) in [5.41, 5.74) is 4.10. The lowest BCUT2D eigenvalue weighted by Gasteiger charge is -2.29. The van der Waals surface area contributed by atoms with Gasteiger partial charge in [-0.05, 0) is 86.2 Å². The first-order valence-corrected chi connectivity index (χ1v) is 11.0. The molecule has 31 heavy (non-hydrogen) atoms. The van der Waals surface area contributed by atoms with Gasteiger partial charge in [-0.25, -0.2) is 0 Å². The van der Waals surface area contributed by atoms with Gasteiger partial charge in [-0.2, -0.15) is 0 Å². The number of anilines is 1. The standard InChI is InChI=1S/C23H17BrClN3O2S/c1-13-10-15(14(2)27(13)19-5-3-4-17(25)12-19)11-20-21(29)26-23(31)28(22(20)30)18-8-6-16(24)7-9-18/h3-12H,1-2H3,(H,26,29,31)/b20-11+. The predicted octanol–water partition coefficient (Wildman–Crippen LogP) is 5.34. The maximum atomic E-state index is 13.2. The van der Waals surface area contributed by atoms with E-state index < -0.39 is 11.8 Å². The summed E-state index contributed by atoms with van der Waals surface area (Å²) in [6.07, 6.45) is 1.61. The minimum Gasteiger partial charge on any atom is -0.318 e. The fourth-order valence-electron chi connectivity index (χ4n) is 3.58. The zero-order chi connectivity index (χ0) is 22.3. The SMILES string of the molecule is Cc1cc(/C=C2\C(=O)NC(=S)N(c3ccc(Br)cc3)C2=O)c(C)n1-c1cccc(Cl)c1. The maximum Gasteiger partial charge on any atom is 0.270 e. The molecule has 0 atom stereocenters. The first kappa shape index (κ1) is 21.5. The van der Waals surface area contributed by atoms with Crippen LogP contribution in [0.3, 0.4) is 0 Å². The van der Waals surface area contributed by atoms with E-state index in [-0.39, 0.29) is 10.7 Å². The molecule has 1 N–H and O–H groups in total. The quantitative estimate of drug-likeness (QED) is 0.292. The minimum absolute atomic E-state index is 0.0165. The molecule has 1 aliphatic rings. The van der Waals surface area contributed by atoms with Crippen LogP contribution in [0, 0.1) is 13.8 Å². The van der Waals surface area contributed by atoms with Gasteiger partial charge in [0, 0.05) is 26.6 Å². The molecule has 0 bridgehead atoms. The summed E-state index contributed by atoms with van der Waals surface area (Å²) < 4.78 is 2.90. The average Bonchev–Trinajstić information content (AvgIpc) is 2.99. The number of hydrogen-bond acceptors (Lipinski definition) is 3. The van der Waals surface area contributed by atoms with Gasteiger partial charge in [-0.1, -0.05) is 33.6 Å². The lowest BCUT2D eigenvalue weighted by molar-refractivity contribution is -0.122. The van der Waals surface area contributed by atoms with Gasteiger partial charge < -0.3 is 4.57 Å². The van der Waals surface area contributed by atoms with Crippen LogP contribution in [0.25, 0.3) is 11.8 Å². The fraction of sp³-hybridized carbons (Fsp3) is 0.0870. The third kappa shape index (κ3) is 4.08. The summed E-state index contributed by atoms with van der Waals surface area (Å²) in [5, 5.41) is 3.30. The van der Waals surface area contributed by atoms with Crippen LogP contribution in [0.15, 0.2) is 64.6 Å². The van der Waals surface area contributed by atoms with Crippen LogP contribution in [0.2, 0.25) is 5.02 Å². The lowest BCUT2D eigenvalue weighted by Crippen LogP contribution is -2.54. The molecule has 5 nitrogen and oxygen atoms in total. The van der Waals surface area contributed by atoms with Gasteiger partial charge >= 0.3 is 0 Å². The molecular weight excluding hydrogens is 498 g/mol. The number of carbonyl (C=O) groups excluding carboxylic acids is 2. The number of aryl methyl sites for hydroxylation is 1. The zero-order valence-electron chi connectivity index (χ0n) is 16.6. The summed E-state index contributed by atoms with van der Waals surface area (Å²) in [7, 11) is 0. The number of amides is 2. The van der Waals surface area contributed by atoms with Crippen molar-refractivity contribution in [1.82, 2.24) is 9.88 Å². The van der Waals surface area contributed by atoms with E-state index in [0.717, 1.165) is 27.1 Å². The molecule has 0 saturated carbocycles. The highest BCUT2D eigenvalue weighted by molar-refractivity contribution is 9.10. The van der Waals surface area contributed by atoms with Gasteiger partial charge in [-0.3, -0.25) is 19.8 Å². The molecule has 0 spiro atoms.